The maximum absolute atomic E-state index is 11.6. The fourth-order valence-electron chi connectivity index (χ4n) is 1.41. The molecule has 0 aliphatic rings. The number of carbonyl (C=O) groups excluding carboxylic acids is 2. The summed E-state index contributed by atoms with van der Waals surface area (Å²) in [5.41, 5.74) is 0.261. The topological polar surface area (TPSA) is 108 Å². The lowest BCUT2D eigenvalue weighted by atomic mass is 10.1. The highest BCUT2D eigenvalue weighted by Crippen LogP contribution is 2.22. The summed E-state index contributed by atoms with van der Waals surface area (Å²) in [5.74, 6) is -1.65. The second kappa shape index (κ2) is 7.34. The molecule has 1 aromatic rings. The van der Waals surface area contributed by atoms with E-state index in [1.165, 1.54) is 19.2 Å². The molecule has 0 aliphatic heterocycles. The number of benzene rings is 1. The molecule has 0 bridgehead atoms. The Labute approximate surface area is 120 Å². The summed E-state index contributed by atoms with van der Waals surface area (Å²) in [7, 11) is 1.42. The van der Waals surface area contributed by atoms with E-state index in [1.54, 1.807) is 12.1 Å². The van der Waals surface area contributed by atoms with Gasteiger partial charge in [0.2, 0.25) is 5.91 Å². The molecule has 3 amide bonds. The van der Waals surface area contributed by atoms with Crippen molar-refractivity contribution in [3.05, 3.63) is 34.9 Å². The third-order valence-corrected chi connectivity index (χ3v) is 2.77. The van der Waals surface area contributed by atoms with Gasteiger partial charge in [0, 0.05) is 17.6 Å². The monoisotopic (exact) mass is 299 g/mol. The van der Waals surface area contributed by atoms with Crippen molar-refractivity contribution in [2.75, 3.05) is 13.6 Å². The minimum atomic E-state index is -1.30. The van der Waals surface area contributed by atoms with Crippen molar-refractivity contribution in [1.29, 1.82) is 0 Å². The number of hydrogen-bond acceptors (Lipinski definition) is 3. The largest absolute Gasteiger partial charge is 0.479 e. The molecular formula is C12H14ClN3O4. The normalized spacial score (nSPS) is 11.3. The molecule has 0 heterocycles. The van der Waals surface area contributed by atoms with Gasteiger partial charge in [-0.05, 0) is 6.07 Å². The van der Waals surface area contributed by atoms with Gasteiger partial charge in [0.1, 0.15) is 0 Å². The van der Waals surface area contributed by atoms with Crippen molar-refractivity contribution in [3.8, 4) is 0 Å². The van der Waals surface area contributed by atoms with Crippen LogP contribution in [0, 0.1) is 0 Å². The van der Waals surface area contributed by atoms with Crippen LogP contribution in [0.1, 0.15) is 11.6 Å². The fourth-order valence-corrected chi connectivity index (χ4v) is 1.66. The van der Waals surface area contributed by atoms with Crippen LogP contribution in [0.2, 0.25) is 5.02 Å². The average molecular weight is 300 g/mol. The lowest BCUT2D eigenvalue weighted by Crippen LogP contribution is -2.44. The second-order valence-corrected chi connectivity index (χ2v) is 4.20. The van der Waals surface area contributed by atoms with Crippen LogP contribution in [0.15, 0.2) is 24.3 Å². The number of nitrogens with one attached hydrogen (secondary N) is 3. The van der Waals surface area contributed by atoms with Gasteiger partial charge in [0.15, 0.2) is 6.04 Å². The summed E-state index contributed by atoms with van der Waals surface area (Å²) in [6, 6.07) is 4.21. The molecule has 0 fully saturated rings. The van der Waals surface area contributed by atoms with Crippen molar-refractivity contribution in [3.63, 3.8) is 0 Å². The molecule has 0 saturated heterocycles. The van der Waals surface area contributed by atoms with Gasteiger partial charge in [0.25, 0.3) is 0 Å². The molecule has 20 heavy (non-hydrogen) atoms. The standard InChI is InChI=1S/C12H14ClN3O4/c1-14-9(17)6-15-12(20)16-10(11(18)19)7-4-2-3-5-8(7)13/h2-5,10H,6H2,1H3,(H,14,17)(H,18,19)(H2,15,16,20)/t10-/m1/s1. The molecule has 7 nitrogen and oxygen atoms in total. The number of carbonyl (C=O) groups is 3. The molecule has 0 radical (unpaired) electrons. The summed E-state index contributed by atoms with van der Waals surface area (Å²) >= 11 is 5.90. The van der Waals surface area contributed by atoms with E-state index in [0.29, 0.717) is 0 Å². The average Bonchev–Trinajstić information content (AvgIpc) is 2.42. The van der Waals surface area contributed by atoms with Gasteiger partial charge in [-0.2, -0.15) is 0 Å². The number of aliphatic carboxylic acids is 1. The van der Waals surface area contributed by atoms with Crippen LogP contribution >= 0.6 is 11.6 Å². The number of likely N-dealkylation sites (N-methyl/N-ethyl adjacent to an activating group) is 1. The van der Waals surface area contributed by atoms with Crippen LogP contribution in [0.5, 0.6) is 0 Å². The van der Waals surface area contributed by atoms with E-state index in [4.69, 9.17) is 16.7 Å². The molecule has 1 aromatic carbocycles. The number of carboxylic acid groups (broad SMARTS) is 1. The van der Waals surface area contributed by atoms with E-state index in [9.17, 15) is 14.4 Å². The number of hydrogen-bond donors (Lipinski definition) is 4. The Hall–Kier alpha value is -2.28. The second-order valence-electron chi connectivity index (χ2n) is 3.79. The van der Waals surface area contributed by atoms with E-state index in [1.807, 2.05) is 0 Å². The number of amides is 3. The Kier molecular flexibility index (Phi) is 5.79. The Balaban J connectivity index is 2.74. The van der Waals surface area contributed by atoms with Gasteiger partial charge in [-0.1, -0.05) is 29.8 Å². The fraction of sp³-hybridized carbons (Fsp3) is 0.250. The molecule has 4 N–H and O–H groups in total. The summed E-state index contributed by atoms with van der Waals surface area (Å²) in [4.78, 5) is 33.7. The molecule has 0 saturated carbocycles. The van der Waals surface area contributed by atoms with Crippen LogP contribution in [-0.4, -0.2) is 36.6 Å². The summed E-state index contributed by atoms with van der Waals surface area (Å²) < 4.78 is 0. The highest BCUT2D eigenvalue weighted by molar-refractivity contribution is 6.31. The SMILES string of the molecule is CNC(=O)CNC(=O)N[C@@H](C(=O)O)c1ccccc1Cl. The molecule has 0 aromatic heterocycles. The van der Waals surface area contributed by atoms with Crippen LogP contribution in [0.25, 0.3) is 0 Å². The summed E-state index contributed by atoms with van der Waals surface area (Å²) in [5, 5.41) is 16.2. The maximum atomic E-state index is 11.6. The lowest BCUT2D eigenvalue weighted by molar-refractivity contribution is -0.139. The minimum Gasteiger partial charge on any atom is -0.479 e. The smallest absolute Gasteiger partial charge is 0.331 e. The van der Waals surface area contributed by atoms with Gasteiger partial charge in [-0.15, -0.1) is 0 Å². The van der Waals surface area contributed by atoms with Crippen molar-refractivity contribution >= 4 is 29.5 Å². The van der Waals surface area contributed by atoms with E-state index in [-0.39, 0.29) is 17.1 Å². The Morgan fingerprint density at radius 1 is 1.30 bits per heavy atom. The van der Waals surface area contributed by atoms with Crippen LogP contribution in [0.4, 0.5) is 4.79 Å². The van der Waals surface area contributed by atoms with Gasteiger partial charge in [-0.3, -0.25) is 4.79 Å². The molecule has 0 unspecified atom stereocenters. The van der Waals surface area contributed by atoms with Gasteiger partial charge in [-0.25, -0.2) is 9.59 Å². The zero-order valence-electron chi connectivity index (χ0n) is 10.6. The first-order chi connectivity index (χ1) is 9.45. The first-order valence-electron chi connectivity index (χ1n) is 5.68. The third kappa shape index (κ3) is 4.43. The van der Waals surface area contributed by atoms with Crippen molar-refractivity contribution in [1.82, 2.24) is 16.0 Å². The van der Waals surface area contributed by atoms with Crippen LogP contribution < -0.4 is 16.0 Å². The predicted octanol–water partition coefficient (Wildman–Crippen LogP) is 0.511. The number of halogens is 1. The molecule has 1 atom stereocenters. The predicted molar refractivity (Wildman–Crippen MR) is 72.4 cm³/mol. The third-order valence-electron chi connectivity index (χ3n) is 2.43. The highest BCUT2D eigenvalue weighted by atomic mass is 35.5. The number of urea groups is 1. The van der Waals surface area contributed by atoms with Gasteiger partial charge >= 0.3 is 12.0 Å². The minimum absolute atomic E-state index is 0.228. The summed E-state index contributed by atoms with van der Waals surface area (Å²) in [6.07, 6.45) is 0. The molecular weight excluding hydrogens is 286 g/mol. The summed E-state index contributed by atoms with van der Waals surface area (Å²) in [6.45, 7) is -0.253. The van der Waals surface area contributed by atoms with E-state index >= 15 is 0 Å². The lowest BCUT2D eigenvalue weighted by Gasteiger charge is -2.16. The van der Waals surface area contributed by atoms with E-state index in [0.717, 1.165) is 0 Å². The van der Waals surface area contributed by atoms with E-state index < -0.39 is 23.9 Å². The Morgan fingerprint density at radius 3 is 2.50 bits per heavy atom. The van der Waals surface area contributed by atoms with Gasteiger partial charge in [0.05, 0.1) is 6.54 Å². The quantitative estimate of drug-likeness (QED) is 0.635. The van der Waals surface area contributed by atoms with Crippen LogP contribution in [-0.2, 0) is 9.59 Å². The highest BCUT2D eigenvalue weighted by Gasteiger charge is 2.24. The molecule has 1 rings (SSSR count). The first kappa shape index (κ1) is 15.8. The molecule has 0 spiro atoms. The van der Waals surface area contributed by atoms with Gasteiger partial charge < -0.3 is 21.1 Å². The zero-order chi connectivity index (χ0) is 15.1. The Bertz CT molecular complexity index is 521. The maximum Gasteiger partial charge on any atom is 0.331 e. The van der Waals surface area contributed by atoms with Crippen LogP contribution in [0.3, 0.4) is 0 Å². The molecule has 8 heteroatoms. The zero-order valence-corrected chi connectivity index (χ0v) is 11.4. The Morgan fingerprint density at radius 2 is 1.95 bits per heavy atom. The first-order valence-corrected chi connectivity index (χ1v) is 6.05. The molecule has 108 valence electrons. The number of carboxylic acids is 1. The number of rotatable bonds is 5. The van der Waals surface area contributed by atoms with E-state index in [2.05, 4.69) is 16.0 Å². The van der Waals surface area contributed by atoms with Crippen molar-refractivity contribution in [2.24, 2.45) is 0 Å². The van der Waals surface area contributed by atoms with Crippen molar-refractivity contribution in [2.45, 2.75) is 6.04 Å². The van der Waals surface area contributed by atoms with Crippen molar-refractivity contribution < 1.29 is 19.5 Å². The molecule has 0 aliphatic carbocycles.